The number of nitrogens with one attached hydrogen (secondary N) is 1. The van der Waals surface area contributed by atoms with Crippen LogP contribution in [0.2, 0.25) is 5.02 Å². The lowest BCUT2D eigenvalue weighted by atomic mass is 10.0. The second kappa shape index (κ2) is 7.65. The molecule has 26 heavy (non-hydrogen) atoms. The minimum atomic E-state index is -0.885. The number of carboxylic acids is 1. The Bertz CT molecular complexity index is 812. The van der Waals surface area contributed by atoms with Gasteiger partial charge in [0, 0.05) is 68.0 Å². The summed E-state index contributed by atoms with van der Waals surface area (Å²) in [6.45, 7) is 2.86. The van der Waals surface area contributed by atoms with Crippen LogP contribution in [0.3, 0.4) is 0 Å². The third kappa shape index (κ3) is 3.85. The summed E-state index contributed by atoms with van der Waals surface area (Å²) in [7, 11) is 3.47. The van der Waals surface area contributed by atoms with Crippen molar-refractivity contribution in [3.8, 4) is 0 Å². The van der Waals surface area contributed by atoms with E-state index in [4.69, 9.17) is 11.6 Å². The molecular weight excluding hydrogens is 356 g/mol. The normalized spacial score (nSPS) is 17.3. The molecule has 2 heterocycles. The van der Waals surface area contributed by atoms with Crippen molar-refractivity contribution in [2.75, 3.05) is 46.8 Å². The van der Waals surface area contributed by atoms with Crippen LogP contribution in [0, 0.1) is 0 Å². The SMILES string of the molecule is CN(C)C(=O)CN1CCN([C@H](C(=O)O)c2c[nH]c3ccc(Cl)cc23)CC1. The number of amides is 1. The van der Waals surface area contributed by atoms with Crippen molar-refractivity contribution in [1.29, 1.82) is 0 Å². The summed E-state index contributed by atoms with van der Waals surface area (Å²) in [6, 6.07) is 4.68. The maximum Gasteiger partial charge on any atom is 0.325 e. The average Bonchev–Trinajstić information content (AvgIpc) is 2.99. The van der Waals surface area contributed by atoms with Gasteiger partial charge in [-0.2, -0.15) is 0 Å². The van der Waals surface area contributed by atoms with Crippen molar-refractivity contribution in [1.82, 2.24) is 19.7 Å². The van der Waals surface area contributed by atoms with Crippen molar-refractivity contribution in [3.05, 3.63) is 35.0 Å². The van der Waals surface area contributed by atoms with Crippen LogP contribution in [0.5, 0.6) is 0 Å². The predicted molar refractivity (Wildman–Crippen MR) is 100 cm³/mol. The van der Waals surface area contributed by atoms with E-state index in [2.05, 4.69) is 9.88 Å². The Kier molecular flexibility index (Phi) is 5.50. The number of carbonyl (C=O) groups excluding carboxylic acids is 1. The number of hydrogen-bond acceptors (Lipinski definition) is 4. The van der Waals surface area contributed by atoms with Gasteiger partial charge in [-0.05, 0) is 18.2 Å². The monoisotopic (exact) mass is 378 g/mol. The van der Waals surface area contributed by atoms with Gasteiger partial charge in [0.1, 0.15) is 6.04 Å². The van der Waals surface area contributed by atoms with Gasteiger partial charge in [0.15, 0.2) is 0 Å². The van der Waals surface area contributed by atoms with Crippen LogP contribution in [0.25, 0.3) is 10.9 Å². The molecule has 8 heteroatoms. The quantitative estimate of drug-likeness (QED) is 0.827. The Labute approximate surface area is 157 Å². The van der Waals surface area contributed by atoms with Gasteiger partial charge in [-0.15, -0.1) is 0 Å². The van der Waals surface area contributed by atoms with Gasteiger partial charge in [-0.1, -0.05) is 11.6 Å². The van der Waals surface area contributed by atoms with Crippen molar-refractivity contribution in [3.63, 3.8) is 0 Å². The molecule has 1 aromatic heterocycles. The Morgan fingerprint density at radius 3 is 2.58 bits per heavy atom. The number of hydrogen-bond donors (Lipinski definition) is 2. The molecule has 0 radical (unpaired) electrons. The Morgan fingerprint density at radius 2 is 1.96 bits per heavy atom. The molecular formula is C18H23ClN4O3. The maximum absolute atomic E-state index is 12.0. The number of piperazine rings is 1. The van der Waals surface area contributed by atoms with Gasteiger partial charge >= 0.3 is 5.97 Å². The molecule has 0 saturated carbocycles. The molecule has 0 bridgehead atoms. The minimum Gasteiger partial charge on any atom is -0.480 e. The van der Waals surface area contributed by atoms with E-state index < -0.39 is 12.0 Å². The van der Waals surface area contributed by atoms with Crippen LogP contribution in [-0.2, 0) is 9.59 Å². The molecule has 2 aromatic rings. The number of nitrogens with zero attached hydrogens (tertiary/aromatic N) is 3. The first-order valence-electron chi connectivity index (χ1n) is 8.52. The highest BCUT2D eigenvalue weighted by Gasteiger charge is 2.32. The number of aromatic amines is 1. The summed E-state index contributed by atoms with van der Waals surface area (Å²) >= 11 is 6.09. The van der Waals surface area contributed by atoms with E-state index in [1.807, 2.05) is 11.0 Å². The van der Waals surface area contributed by atoms with Crippen LogP contribution < -0.4 is 0 Å². The first-order valence-corrected chi connectivity index (χ1v) is 8.90. The fourth-order valence-electron chi connectivity index (χ4n) is 3.34. The second-order valence-corrected chi connectivity index (χ2v) is 7.21. The molecule has 2 N–H and O–H groups in total. The Balaban J connectivity index is 1.76. The number of H-pyrrole nitrogens is 1. The first kappa shape index (κ1) is 18.7. The van der Waals surface area contributed by atoms with E-state index in [0.29, 0.717) is 43.3 Å². The molecule has 0 unspecified atom stereocenters. The molecule has 0 aliphatic carbocycles. The summed E-state index contributed by atoms with van der Waals surface area (Å²) < 4.78 is 0. The molecule has 1 saturated heterocycles. The molecule has 1 atom stereocenters. The van der Waals surface area contributed by atoms with E-state index in [1.165, 1.54) is 0 Å². The highest BCUT2D eigenvalue weighted by molar-refractivity contribution is 6.31. The van der Waals surface area contributed by atoms with Gasteiger partial charge in [-0.25, -0.2) is 0 Å². The number of halogens is 1. The molecule has 7 nitrogen and oxygen atoms in total. The maximum atomic E-state index is 12.0. The fraction of sp³-hybridized carbons (Fsp3) is 0.444. The molecule has 1 aliphatic heterocycles. The first-order chi connectivity index (χ1) is 12.4. The zero-order valence-electron chi connectivity index (χ0n) is 14.9. The summed E-state index contributed by atoms with van der Waals surface area (Å²) in [6.07, 6.45) is 1.75. The minimum absolute atomic E-state index is 0.0551. The van der Waals surface area contributed by atoms with Crippen LogP contribution in [-0.4, -0.2) is 83.5 Å². The van der Waals surface area contributed by atoms with Crippen LogP contribution in [0.15, 0.2) is 24.4 Å². The van der Waals surface area contributed by atoms with Crippen molar-refractivity contribution in [2.45, 2.75) is 6.04 Å². The predicted octanol–water partition coefficient (Wildman–Crippen LogP) is 1.65. The lowest BCUT2D eigenvalue weighted by molar-refractivity contribution is -0.145. The smallest absolute Gasteiger partial charge is 0.325 e. The number of likely N-dealkylation sites (N-methyl/N-ethyl adjacent to an activating group) is 1. The number of aromatic nitrogens is 1. The van der Waals surface area contributed by atoms with Gasteiger partial charge in [0.05, 0.1) is 6.54 Å². The number of carbonyl (C=O) groups is 2. The largest absolute Gasteiger partial charge is 0.480 e. The highest BCUT2D eigenvalue weighted by Crippen LogP contribution is 2.31. The number of rotatable bonds is 5. The zero-order valence-corrected chi connectivity index (χ0v) is 15.7. The van der Waals surface area contributed by atoms with Gasteiger partial charge in [0.25, 0.3) is 0 Å². The van der Waals surface area contributed by atoms with E-state index >= 15 is 0 Å². The van der Waals surface area contributed by atoms with Crippen molar-refractivity contribution >= 4 is 34.4 Å². The van der Waals surface area contributed by atoms with E-state index in [1.54, 1.807) is 37.3 Å². The third-order valence-electron chi connectivity index (χ3n) is 4.83. The topological polar surface area (TPSA) is 79.9 Å². The molecule has 1 aromatic carbocycles. The summed E-state index contributed by atoms with van der Waals surface area (Å²) in [5, 5.41) is 11.3. The van der Waals surface area contributed by atoms with E-state index in [9.17, 15) is 14.7 Å². The molecule has 1 amide bonds. The van der Waals surface area contributed by atoms with Crippen molar-refractivity contribution < 1.29 is 14.7 Å². The van der Waals surface area contributed by atoms with Crippen LogP contribution >= 0.6 is 11.6 Å². The molecule has 0 spiro atoms. The number of benzene rings is 1. The molecule has 140 valence electrons. The summed E-state index contributed by atoms with van der Waals surface area (Å²) in [5.74, 6) is -0.830. The lowest BCUT2D eigenvalue weighted by Crippen LogP contribution is -2.51. The standard InChI is InChI=1S/C18H23ClN4O3/c1-21(2)16(24)11-22-5-7-23(8-6-22)17(18(25)26)14-10-20-15-4-3-12(19)9-13(14)15/h3-4,9-10,17,20H,5-8,11H2,1-2H3,(H,25,26)/t17-/m0/s1. The number of carboxylic acid groups (broad SMARTS) is 1. The van der Waals surface area contributed by atoms with Crippen LogP contribution in [0.1, 0.15) is 11.6 Å². The average molecular weight is 379 g/mol. The Hall–Kier alpha value is -2.09. The fourth-order valence-corrected chi connectivity index (χ4v) is 3.51. The summed E-state index contributed by atoms with van der Waals surface area (Å²) in [5.41, 5.74) is 1.58. The number of aliphatic carboxylic acids is 1. The third-order valence-corrected chi connectivity index (χ3v) is 5.07. The van der Waals surface area contributed by atoms with Gasteiger partial charge < -0.3 is 15.0 Å². The lowest BCUT2D eigenvalue weighted by Gasteiger charge is -2.37. The summed E-state index contributed by atoms with van der Waals surface area (Å²) in [4.78, 5) is 32.6. The zero-order chi connectivity index (χ0) is 18.8. The van der Waals surface area contributed by atoms with Gasteiger partial charge in [-0.3, -0.25) is 19.4 Å². The molecule has 3 rings (SSSR count). The van der Waals surface area contributed by atoms with E-state index in [-0.39, 0.29) is 5.91 Å². The number of fused-ring (bicyclic) bond motifs is 1. The van der Waals surface area contributed by atoms with E-state index in [0.717, 1.165) is 10.9 Å². The van der Waals surface area contributed by atoms with Crippen LogP contribution in [0.4, 0.5) is 0 Å². The van der Waals surface area contributed by atoms with Crippen molar-refractivity contribution in [2.24, 2.45) is 0 Å². The molecule has 1 aliphatic rings. The van der Waals surface area contributed by atoms with Gasteiger partial charge in [0.2, 0.25) is 5.91 Å². The highest BCUT2D eigenvalue weighted by atomic mass is 35.5. The Morgan fingerprint density at radius 1 is 1.27 bits per heavy atom. The second-order valence-electron chi connectivity index (χ2n) is 6.77. The molecule has 1 fully saturated rings.